The van der Waals surface area contributed by atoms with E-state index in [0.717, 1.165) is 16.9 Å². The first-order valence-corrected chi connectivity index (χ1v) is 6.49. The van der Waals surface area contributed by atoms with E-state index in [-0.39, 0.29) is 11.4 Å². The van der Waals surface area contributed by atoms with Crippen molar-refractivity contribution >= 4 is 15.8 Å². The average Bonchev–Trinajstić information content (AvgIpc) is 2.70. The zero-order valence-electron chi connectivity index (χ0n) is 9.70. The number of pyridine rings is 1. The van der Waals surface area contributed by atoms with Crippen LogP contribution in [0.3, 0.4) is 0 Å². The molecular weight excluding hydrogens is 273 g/mol. The Kier molecular flexibility index (Phi) is 3.18. The Hall–Kier alpha value is -2.47. The van der Waals surface area contributed by atoms with Crippen molar-refractivity contribution < 1.29 is 12.8 Å². The molecule has 0 aliphatic carbocycles. The van der Waals surface area contributed by atoms with Gasteiger partial charge >= 0.3 is 0 Å². The highest BCUT2D eigenvalue weighted by atomic mass is 32.2. The Labute approximate surface area is 108 Å². The van der Waals surface area contributed by atoms with Crippen LogP contribution in [0.15, 0.2) is 29.6 Å². The molecule has 9 heteroatoms. The number of nitrogens with zero attached hydrogens (tertiary/aromatic N) is 4. The molecule has 0 aromatic carbocycles. The summed E-state index contributed by atoms with van der Waals surface area (Å²) >= 11 is 0. The summed E-state index contributed by atoms with van der Waals surface area (Å²) in [6.07, 6.45) is 2.36. The second kappa shape index (κ2) is 4.66. The average molecular weight is 281 g/mol. The van der Waals surface area contributed by atoms with Crippen LogP contribution in [0, 0.1) is 17.1 Å². The van der Waals surface area contributed by atoms with Crippen LogP contribution >= 0.6 is 0 Å². The molecule has 0 saturated carbocycles. The number of anilines is 1. The van der Waals surface area contributed by atoms with Crippen molar-refractivity contribution in [2.24, 2.45) is 7.05 Å². The summed E-state index contributed by atoms with van der Waals surface area (Å²) in [6.45, 7) is 0. The zero-order valence-corrected chi connectivity index (χ0v) is 10.5. The number of nitrogens with one attached hydrogen (secondary N) is 1. The van der Waals surface area contributed by atoms with E-state index < -0.39 is 20.9 Å². The number of sulfonamides is 1. The molecule has 98 valence electrons. The van der Waals surface area contributed by atoms with E-state index >= 15 is 0 Å². The summed E-state index contributed by atoms with van der Waals surface area (Å²) in [7, 11) is -2.77. The summed E-state index contributed by atoms with van der Waals surface area (Å²) in [5.41, 5.74) is 0.0300. The molecule has 0 amide bonds. The van der Waals surface area contributed by atoms with Gasteiger partial charge in [0.2, 0.25) is 5.03 Å². The van der Waals surface area contributed by atoms with Crippen LogP contribution < -0.4 is 4.72 Å². The minimum atomic E-state index is -4.22. The van der Waals surface area contributed by atoms with Gasteiger partial charge in [-0.15, -0.1) is 0 Å². The summed E-state index contributed by atoms with van der Waals surface area (Å²) in [5, 5.41) is 11.8. The SMILES string of the molecule is Cn1ncc(C#N)c1NS(=O)(=O)c1ncccc1F. The van der Waals surface area contributed by atoms with Gasteiger partial charge in [0.15, 0.2) is 11.6 Å². The number of hydrogen-bond acceptors (Lipinski definition) is 5. The van der Waals surface area contributed by atoms with Crippen molar-refractivity contribution in [3.63, 3.8) is 0 Å². The Morgan fingerprint density at radius 3 is 2.89 bits per heavy atom. The minimum absolute atomic E-state index is 0.0300. The highest BCUT2D eigenvalue weighted by Crippen LogP contribution is 2.18. The molecule has 0 radical (unpaired) electrons. The van der Waals surface area contributed by atoms with Gasteiger partial charge < -0.3 is 0 Å². The second-order valence-corrected chi connectivity index (χ2v) is 5.14. The van der Waals surface area contributed by atoms with Crippen molar-refractivity contribution in [1.29, 1.82) is 5.26 Å². The Morgan fingerprint density at radius 2 is 2.26 bits per heavy atom. The molecule has 0 bridgehead atoms. The molecule has 0 aliphatic heterocycles. The van der Waals surface area contributed by atoms with E-state index in [1.807, 2.05) is 0 Å². The molecular formula is C10H8FN5O2S. The summed E-state index contributed by atoms with van der Waals surface area (Å²) < 4.78 is 40.6. The lowest BCUT2D eigenvalue weighted by molar-refractivity contribution is 0.556. The van der Waals surface area contributed by atoms with Crippen LogP contribution in [0.4, 0.5) is 10.2 Å². The van der Waals surface area contributed by atoms with Crippen molar-refractivity contribution in [3.05, 3.63) is 35.9 Å². The van der Waals surface area contributed by atoms with Crippen molar-refractivity contribution in [2.45, 2.75) is 5.03 Å². The number of aromatic nitrogens is 3. The fourth-order valence-electron chi connectivity index (χ4n) is 1.38. The van der Waals surface area contributed by atoms with Gasteiger partial charge in [-0.2, -0.15) is 18.8 Å². The third kappa shape index (κ3) is 2.38. The van der Waals surface area contributed by atoms with Crippen molar-refractivity contribution in [2.75, 3.05) is 4.72 Å². The maximum Gasteiger partial charge on any atom is 0.283 e. The molecule has 0 aliphatic rings. The standard InChI is InChI=1S/C10H8FN5O2S/c1-16-9(7(5-12)6-14-16)15-19(17,18)10-8(11)3-2-4-13-10/h2-4,6,15H,1H3. The highest BCUT2D eigenvalue weighted by molar-refractivity contribution is 7.92. The van der Waals surface area contributed by atoms with Crippen LogP contribution in [-0.2, 0) is 17.1 Å². The smallest absolute Gasteiger partial charge is 0.261 e. The fraction of sp³-hybridized carbons (Fsp3) is 0.100. The maximum absolute atomic E-state index is 13.4. The number of rotatable bonds is 3. The first-order valence-electron chi connectivity index (χ1n) is 5.01. The maximum atomic E-state index is 13.4. The number of hydrogen-bond donors (Lipinski definition) is 1. The normalized spacial score (nSPS) is 11.0. The van der Waals surface area contributed by atoms with Gasteiger partial charge in [-0.25, -0.2) is 9.37 Å². The molecule has 0 unspecified atom stereocenters. The summed E-state index contributed by atoms with van der Waals surface area (Å²) in [6, 6.07) is 4.04. The van der Waals surface area contributed by atoms with E-state index in [9.17, 15) is 12.8 Å². The van der Waals surface area contributed by atoms with Crippen LogP contribution in [-0.4, -0.2) is 23.2 Å². The number of aryl methyl sites for hydroxylation is 1. The molecule has 1 N–H and O–H groups in total. The molecule has 0 atom stereocenters. The molecule has 2 aromatic heterocycles. The van der Waals surface area contributed by atoms with E-state index in [0.29, 0.717) is 0 Å². The van der Waals surface area contributed by atoms with Crippen molar-refractivity contribution in [3.8, 4) is 6.07 Å². The number of halogens is 1. The lowest BCUT2D eigenvalue weighted by Crippen LogP contribution is -2.18. The third-order valence-corrected chi connectivity index (χ3v) is 3.54. The second-order valence-electron chi connectivity index (χ2n) is 3.54. The first kappa shape index (κ1) is 13.0. The molecule has 2 aromatic rings. The van der Waals surface area contributed by atoms with E-state index in [1.165, 1.54) is 19.3 Å². The monoisotopic (exact) mass is 281 g/mol. The van der Waals surface area contributed by atoms with Crippen LogP contribution in [0.5, 0.6) is 0 Å². The third-order valence-electron chi connectivity index (χ3n) is 2.27. The fourth-order valence-corrected chi connectivity index (χ4v) is 2.50. The van der Waals surface area contributed by atoms with Gasteiger partial charge in [0.05, 0.1) is 6.20 Å². The molecule has 7 nitrogen and oxygen atoms in total. The van der Waals surface area contributed by atoms with Gasteiger partial charge in [-0.3, -0.25) is 9.40 Å². The molecule has 2 heterocycles. The predicted molar refractivity (Wildman–Crippen MR) is 62.9 cm³/mol. The van der Waals surface area contributed by atoms with Gasteiger partial charge in [-0.05, 0) is 12.1 Å². The largest absolute Gasteiger partial charge is 0.283 e. The van der Waals surface area contributed by atoms with E-state index in [4.69, 9.17) is 5.26 Å². The first-order chi connectivity index (χ1) is 8.95. The van der Waals surface area contributed by atoms with Gasteiger partial charge in [0, 0.05) is 13.2 Å². The van der Waals surface area contributed by atoms with Gasteiger partial charge in [-0.1, -0.05) is 0 Å². The van der Waals surface area contributed by atoms with Crippen molar-refractivity contribution in [1.82, 2.24) is 14.8 Å². The quantitative estimate of drug-likeness (QED) is 0.889. The lowest BCUT2D eigenvalue weighted by Gasteiger charge is -2.08. The van der Waals surface area contributed by atoms with E-state index in [1.54, 1.807) is 6.07 Å². The molecule has 2 rings (SSSR count). The predicted octanol–water partition coefficient (Wildman–Crippen LogP) is 0.627. The summed E-state index contributed by atoms with van der Waals surface area (Å²) in [5.74, 6) is -1.02. The number of nitriles is 1. The molecule has 0 fully saturated rings. The topological polar surface area (TPSA) is 101 Å². The van der Waals surface area contributed by atoms with Crippen LogP contribution in [0.1, 0.15) is 5.56 Å². The zero-order chi connectivity index (χ0) is 14.0. The molecule has 0 saturated heterocycles. The Morgan fingerprint density at radius 1 is 1.53 bits per heavy atom. The summed E-state index contributed by atoms with van der Waals surface area (Å²) in [4.78, 5) is 3.48. The van der Waals surface area contributed by atoms with E-state index in [2.05, 4.69) is 14.8 Å². The molecule has 19 heavy (non-hydrogen) atoms. The molecule has 0 spiro atoms. The van der Waals surface area contributed by atoms with Crippen LogP contribution in [0.2, 0.25) is 0 Å². The lowest BCUT2D eigenvalue weighted by atomic mass is 10.4. The highest BCUT2D eigenvalue weighted by Gasteiger charge is 2.23. The minimum Gasteiger partial charge on any atom is -0.261 e. The van der Waals surface area contributed by atoms with Gasteiger partial charge in [0.25, 0.3) is 10.0 Å². The van der Waals surface area contributed by atoms with Crippen LogP contribution in [0.25, 0.3) is 0 Å². The Balaban J connectivity index is 2.46. The Bertz CT molecular complexity index is 762. The van der Waals surface area contributed by atoms with Gasteiger partial charge in [0.1, 0.15) is 11.6 Å².